The van der Waals surface area contributed by atoms with Crippen molar-refractivity contribution < 1.29 is 0 Å². The van der Waals surface area contributed by atoms with Gasteiger partial charge in [0.05, 0.1) is 5.69 Å². The van der Waals surface area contributed by atoms with Crippen LogP contribution in [0, 0.1) is 0 Å². The van der Waals surface area contributed by atoms with Gasteiger partial charge in [-0.15, -0.1) is 11.4 Å². The number of benzene rings is 1. The molecule has 0 radical (unpaired) electrons. The van der Waals surface area contributed by atoms with E-state index >= 15 is 0 Å². The van der Waals surface area contributed by atoms with E-state index in [9.17, 15) is 0 Å². The van der Waals surface area contributed by atoms with E-state index in [0.29, 0.717) is 0 Å². The molecule has 0 saturated carbocycles. The first-order valence-electron chi connectivity index (χ1n) is 4.10. The Bertz CT molecular complexity index is 273. The van der Waals surface area contributed by atoms with Gasteiger partial charge in [0.15, 0.2) is 0 Å². The number of hydrogen-bond donors (Lipinski definition) is 1. The van der Waals surface area contributed by atoms with Crippen LogP contribution in [0.5, 0.6) is 0 Å². The fourth-order valence-corrected chi connectivity index (χ4v) is 1.27. The Kier molecular flexibility index (Phi) is 4.43. The van der Waals surface area contributed by atoms with Gasteiger partial charge in [0.1, 0.15) is 0 Å². The summed E-state index contributed by atoms with van der Waals surface area (Å²) in [6.45, 7) is 2.16. The van der Waals surface area contributed by atoms with Gasteiger partial charge in [0.2, 0.25) is 0 Å². The van der Waals surface area contributed by atoms with Crippen molar-refractivity contribution in [2.75, 3.05) is 5.75 Å². The van der Waals surface area contributed by atoms with Gasteiger partial charge in [-0.05, 0) is 24.3 Å². The Labute approximate surface area is 77.1 Å². The molecule has 64 valence electrons. The lowest BCUT2D eigenvalue weighted by Gasteiger charge is -1.85. The fourth-order valence-electron chi connectivity index (χ4n) is 0.757. The van der Waals surface area contributed by atoms with Crippen LogP contribution in [-0.4, -0.2) is 10.9 Å². The Balaban J connectivity index is 2.57. The van der Waals surface area contributed by atoms with Gasteiger partial charge in [-0.1, -0.05) is 25.1 Å². The van der Waals surface area contributed by atoms with E-state index in [1.54, 1.807) is 0 Å². The van der Waals surface area contributed by atoms with Crippen LogP contribution in [0.3, 0.4) is 0 Å². The van der Waals surface area contributed by atoms with Gasteiger partial charge in [-0.2, -0.15) is 0 Å². The van der Waals surface area contributed by atoms with Crippen LogP contribution in [0.15, 0.2) is 35.3 Å². The number of para-hydroxylation sites is 1. The Morgan fingerprint density at radius 3 is 2.75 bits per heavy atom. The van der Waals surface area contributed by atoms with E-state index < -0.39 is 0 Å². The van der Waals surface area contributed by atoms with E-state index in [1.165, 1.54) is 17.8 Å². The lowest BCUT2D eigenvalue weighted by Crippen LogP contribution is -1.64. The minimum atomic E-state index is 0.987. The van der Waals surface area contributed by atoms with Crippen LogP contribution in [0.25, 0.3) is 0 Å². The summed E-state index contributed by atoms with van der Waals surface area (Å²) in [7, 11) is 0. The molecule has 0 unspecified atom stereocenters. The molecule has 0 aliphatic carbocycles. The number of nitrogens with zero attached hydrogens (tertiary/aromatic N) is 1. The van der Waals surface area contributed by atoms with Crippen molar-refractivity contribution in [3.63, 3.8) is 0 Å². The molecule has 12 heavy (non-hydrogen) atoms. The number of aliphatic imine (C=N–C) groups is 1. The van der Waals surface area contributed by atoms with E-state index in [4.69, 9.17) is 0 Å². The highest BCUT2D eigenvalue weighted by atomic mass is 32.1. The predicted octanol–water partition coefficient (Wildman–Crippen LogP) is 3.10. The summed E-state index contributed by atoms with van der Waals surface area (Å²) in [5.41, 5.74) is 0.987. The van der Waals surface area contributed by atoms with Gasteiger partial charge in [0, 0.05) is 5.16 Å². The first kappa shape index (κ1) is 9.24. The highest BCUT2D eigenvalue weighted by Crippen LogP contribution is 2.07. The average molecular weight is 179 g/mol. The molecule has 0 bridgehead atoms. The van der Waals surface area contributed by atoms with Crippen LogP contribution in [0.2, 0.25) is 0 Å². The van der Waals surface area contributed by atoms with Crippen molar-refractivity contribution in [3.8, 4) is 0 Å². The molecule has 0 aliphatic rings. The quantitative estimate of drug-likeness (QED) is 0.416. The molecule has 1 rings (SSSR count). The third-order valence-electron chi connectivity index (χ3n) is 1.34. The van der Waals surface area contributed by atoms with Crippen molar-refractivity contribution in [1.82, 2.24) is 0 Å². The maximum absolute atomic E-state index is 4.18. The van der Waals surface area contributed by atoms with Gasteiger partial charge in [-0.3, -0.25) is 0 Å². The first-order chi connectivity index (χ1) is 5.93. The van der Waals surface area contributed by atoms with Gasteiger partial charge >= 0.3 is 0 Å². The number of rotatable bonds is 3. The molecule has 0 heterocycles. The molecule has 0 fully saturated rings. The van der Waals surface area contributed by atoms with Crippen molar-refractivity contribution in [2.24, 2.45) is 4.99 Å². The molecule has 0 saturated heterocycles. The molecular formula is C10H13NS. The number of isothiocyanates is 1. The summed E-state index contributed by atoms with van der Waals surface area (Å²) >= 11 is 1.19. The molecule has 0 atom stereocenters. The second-order valence-corrected chi connectivity index (χ2v) is 3.39. The minimum Gasteiger partial charge on any atom is -0.200 e. The SMILES string of the molecule is CCC[SH]=C=Nc1ccccc1. The molecule has 1 nitrogen and oxygen atoms in total. The van der Waals surface area contributed by atoms with Gasteiger partial charge in [-0.25, -0.2) is 4.99 Å². The maximum atomic E-state index is 4.18. The van der Waals surface area contributed by atoms with E-state index in [1.807, 2.05) is 30.3 Å². The molecule has 0 N–H and O–H groups in total. The Morgan fingerprint density at radius 2 is 2.08 bits per heavy atom. The second-order valence-electron chi connectivity index (χ2n) is 2.43. The molecule has 0 aliphatic heterocycles. The van der Waals surface area contributed by atoms with Crippen LogP contribution in [0.1, 0.15) is 13.3 Å². The molecular weight excluding hydrogens is 166 g/mol. The average Bonchev–Trinajstić information content (AvgIpc) is 2.14. The van der Waals surface area contributed by atoms with Crippen molar-refractivity contribution in [2.45, 2.75) is 13.3 Å². The third kappa shape index (κ3) is 3.51. The maximum Gasteiger partial charge on any atom is 0.0735 e. The van der Waals surface area contributed by atoms with E-state index in [-0.39, 0.29) is 0 Å². The fraction of sp³-hybridized carbons (Fsp3) is 0.300. The third-order valence-corrected chi connectivity index (χ3v) is 2.25. The summed E-state index contributed by atoms with van der Waals surface area (Å²) in [6.07, 6.45) is 1.19. The Morgan fingerprint density at radius 1 is 1.33 bits per heavy atom. The lowest BCUT2D eigenvalue weighted by molar-refractivity contribution is 1.11. The van der Waals surface area contributed by atoms with Crippen LogP contribution in [-0.2, 0) is 0 Å². The Hall–Kier alpha value is -0.850. The van der Waals surface area contributed by atoms with Crippen LogP contribution in [0.4, 0.5) is 5.69 Å². The molecule has 0 spiro atoms. The largest absolute Gasteiger partial charge is 0.200 e. The minimum absolute atomic E-state index is 0.987. The number of thiol groups is 1. The van der Waals surface area contributed by atoms with Crippen molar-refractivity contribution in [3.05, 3.63) is 30.3 Å². The second kappa shape index (κ2) is 5.76. The molecule has 0 aromatic heterocycles. The van der Waals surface area contributed by atoms with Crippen LogP contribution < -0.4 is 0 Å². The summed E-state index contributed by atoms with van der Waals surface area (Å²) in [4.78, 5) is 4.18. The molecule has 1 aromatic carbocycles. The number of hydrogen-bond acceptors (Lipinski definition) is 1. The topological polar surface area (TPSA) is 12.4 Å². The zero-order valence-corrected chi connectivity index (χ0v) is 8.09. The molecule has 2 heteroatoms. The first-order valence-corrected chi connectivity index (χ1v) is 5.18. The normalized spacial score (nSPS) is 9.08. The van der Waals surface area contributed by atoms with Crippen molar-refractivity contribution in [1.29, 1.82) is 0 Å². The smallest absolute Gasteiger partial charge is 0.0735 e. The standard InChI is InChI=1S/C10H13NS/c1-2-8-12-9-11-10-6-4-3-5-7-10/h3-7,12H,2,8H2,1H3. The predicted molar refractivity (Wildman–Crippen MR) is 57.7 cm³/mol. The zero-order chi connectivity index (χ0) is 8.65. The highest BCUT2D eigenvalue weighted by Gasteiger charge is 1.79. The van der Waals surface area contributed by atoms with Gasteiger partial charge < -0.3 is 0 Å². The summed E-state index contributed by atoms with van der Waals surface area (Å²) in [5.74, 6) is 1.15. The molecule has 0 amide bonds. The monoisotopic (exact) mass is 179 g/mol. The van der Waals surface area contributed by atoms with E-state index in [0.717, 1.165) is 11.4 Å². The highest BCUT2D eigenvalue weighted by molar-refractivity contribution is 7.97. The zero-order valence-electron chi connectivity index (χ0n) is 7.20. The van der Waals surface area contributed by atoms with Gasteiger partial charge in [0.25, 0.3) is 0 Å². The van der Waals surface area contributed by atoms with E-state index in [2.05, 4.69) is 17.1 Å². The summed E-state index contributed by atoms with van der Waals surface area (Å²) in [5, 5.41) is 3.00. The van der Waals surface area contributed by atoms with Crippen molar-refractivity contribution >= 4 is 22.2 Å². The summed E-state index contributed by atoms with van der Waals surface area (Å²) in [6, 6.07) is 9.92. The molecule has 1 aromatic rings. The summed E-state index contributed by atoms with van der Waals surface area (Å²) < 4.78 is 0. The lowest BCUT2D eigenvalue weighted by atomic mass is 10.3. The van der Waals surface area contributed by atoms with Crippen LogP contribution >= 0.6 is 11.4 Å².